The van der Waals surface area contributed by atoms with Crippen LogP contribution >= 0.6 is 0 Å². The van der Waals surface area contributed by atoms with E-state index >= 15 is 0 Å². The molecular weight excluding hydrogens is 346 g/mol. The van der Waals surface area contributed by atoms with E-state index in [1.165, 1.54) is 6.92 Å². The number of aliphatic hydroxyl groups is 1. The van der Waals surface area contributed by atoms with Crippen LogP contribution in [0.5, 0.6) is 0 Å². The van der Waals surface area contributed by atoms with Crippen LogP contribution in [0.4, 0.5) is 5.69 Å². The van der Waals surface area contributed by atoms with Crippen molar-refractivity contribution in [2.75, 3.05) is 11.9 Å². The maximum Gasteiger partial charge on any atom is 0.313 e. The molecule has 142 valence electrons. The Kier molecular flexibility index (Phi) is 7.08. The Hall–Kier alpha value is -3.19. The number of aliphatic hydroxyl groups excluding tert-OH is 1. The van der Waals surface area contributed by atoms with Gasteiger partial charge in [0.15, 0.2) is 0 Å². The average Bonchev–Trinajstić information content (AvgIpc) is 2.64. The molecule has 0 unspecified atom stereocenters. The van der Waals surface area contributed by atoms with Gasteiger partial charge in [-0.1, -0.05) is 42.0 Å². The SMILES string of the molecule is Cc1cccc(CNC(=O)c2ccccc2NC(=O)C(=O)NC[C@@H](C)O)c1. The molecule has 4 N–H and O–H groups in total. The van der Waals surface area contributed by atoms with E-state index in [4.69, 9.17) is 5.11 Å². The van der Waals surface area contributed by atoms with Crippen LogP contribution in [0, 0.1) is 6.92 Å². The molecule has 2 aromatic rings. The Balaban J connectivity index is 2.02. The maximum atomic E-state index is 12.5. The molecular formula is C20H23N3O4. The van der Waals surface area contributed by atoms with Gasteiger partial charge < -0.3 is 21.1 Å². The molecule has 7 heteroatoms. The minimum absolute atomic E-state index is 0.0368. The van der Waals surface area contributed by atoms with Crippen molar-refractivity contribution in [3.8, 4) is 0 Å². The molecule has 27 heavy (non-hydrogen) atoms. The standard InChI is InChI=1S/C20H23N3O4/c1-13-6-5-7-15(10-13)12-22-18(25)16-8-3-4-9-17(16)23-20(27)19(26)21-11-14(2)24/h3-10,14,24H,11-12H2,1-2H3,(H,21,26)(H,22,25)(H,23,27)/t14-/m1/s1. The number of benzene rings is 2. The van der Waals surface area contributed by atoms with Gasteiger partial charge >= 0.3 is 11.8 Å². The third kappa shape index (κ3) is 6.23. The Morgan fingerprint density at radius 1 is 1.00 bits per heavy atom. The zero-order chi connectivity index (χ0) is 19.8. The van der Waals surface area contributed by atoms with Crippen LogP contribution in [0.1, 0.15) is 28.4 Å². The fourth-order valence-corrected chi connectivity index (χ4v) is 2.39. The molecule has 1 atom stereocenters. The van der Waals surface area contributed by atoms with E-state index in [0.717, 1.165) is 11.1 Å². The highest BCUT2D eigenvalue weighted by atomic mass is 16.3. The summed E-state index contributed by atoms with van der Waals surface area (Å²) in [5.41, 5.74) is 2.54. The second-order valence-electron chi connectivity index (χ2n) is 6.23. The number of rotatable bonds is 6. The third-order valence-electron chi connectivity index (χ3n) is 3.72. The van der Waals surface area contributed by atoms with Gasteiger partial charge in [0.05, 0.1) is 17.4 Å². The smallest absolute Gasteiger partial charge is 0.313 e. The zero-order valence-corrected chi connectivity index (χ0v) is 15.3. The van der Waals surface area contributed by atoms with E-state index in [-0.39, 0.29) is 23.7 Å². The zero-order valence-electron chi connectivity index (χ0n) is 15.3. The van der Waals surface area contributed by atoms with Crippen LogP contribution in [0.25, 0.3) is 0 Å². The number of aryl methyl sites for hydroxylation is 1. The molecule has 0 aromatic heterocycles. The van der Waals surface area contributed by atoms with Gasteiger partial charge in [0.1, 0.15) is 0 Å². The highest BCUT2D eigenvalue weighted by Crippen LogP contribution is 2.15. The lowest BCUT2D eigenvalue weighted by Gasteiger charge is -2.12. The number of anilines is 1. The van der Waals surface area contributed by atoms with E-state index in [0.29, 0.717) is 6.54 Å². The van der Waals surface area contributed by atoms with E-state index in [2.05, 4.69) is 16.0 Å². The summed E-state index contributed by atoms with van der Waals surface area (Å²) in [5.74, 6) is -2.16. The van der Waals surface area contributed by atoms with Gasteiger partial charge in [-0.25, -0.2) is 0 Å². The minimum Gasteiger partial charge on any atom is -0.392 e. The number of carbonyl (C=O) groups excluding carboxylic acids is 3. The highest BCUT2D eigenvalue weighted by Gasteiger charge is 2.18. The molecule has 0 aliphatic carbocycles. The second kappa shape index (κ2) is 9.49. The predicted molar refractivity (Wildman–Crippen MR) is 102 cm³/mol. The predicted octanol–water partition coefficient (Wildman–Crippen LogP) is 1.36. The summed E-state index contributed by atoms with van der Waals surface area (Å²) in [7, 11) is 0. The fraction of sp³-hybridized carbons (Fsp3) is 0.250. The Morgan fingerprint density at radius 3 is 2.44 bits per heavy atom. The van der Waals surface area contributed by atoms with Crippen molar-refractivity contribution in [2.45, 2.75) is 26.5 Å². The van der Waals surface area contributed by atoms with Gasteiger partial charge in [0.25, 0.3) is 5.91 Å². The summed E-state index contributed by atoms with van der Waals surface area (Å²) in [5, 5.41) is 16.7. The molecule has 0 fully saturated rings. The molecule has 0 spiro atoms. The fourth-order valence-electron chi connectivity index (χ4n) is 2.39. The summed E-state index contributed by atoms with van der Waals surface area (Å²) in [6.07, 6.45) is -0.763. The molecule has 2 aromatic carbocycles. The quantitative estimate of drug-likeness (QED) is 0.577. The van der Waals surface area contributed by atoms with Crippen molar-refractivity contribution < 1.29 is 19.5 Å². The third-order valence-corrected chi connectivity index (χ3v) is 3.72. The first kappa shape index (κ1) is 20.1. The van der Waals surface area contributed by atoms with Gasteiger partial charge in [0.2, 0.25) is 0 Å². The molecule has 3 amide bonds. The van der Waals surface area contributed by atoms with Crippen LogP contribution in [0.2, 0.25) is 0 Å². The lowest BCUT2D eigenvalue weighted by Crippen LogP contribution is -2.39. The van der Waals surface area contributed by atoms with Gasteiger partial charge in [-0.3, -0.25) is 14.4 Å². The lowest BCUT2D eigenvalue weighted by atomic mass is 10.1. The summed E-state index contributed by atoms with van der Waals surface area (Å²) in [6.45, 7) is 3.77. The van der Waals surface area contributed by atoms with E-state index in [1.54, 1.807) is 24.3 Å². The molecule has 0 aliphatic rings. The van der Waals surface area contributed by atoms with Crippen molar-refractivity contribution in [1.29, 1.82) is 0 Å². The van der Waals surface area contributed by atoms with Crippen molar-refractivity contribution in [2.24, 2.45) is 0 Å². The van der Waals surface area contributed by atoms with Gasteiger partial charge in [0, 0.05) is 13.1 Å². The number of hydrogen-bond acceptors (Lipinski definition) is 4. The number of hydrogen-bond donors (Lipinski definition) is 4. The van der Waals surface area contributed by atoms with Crippen LogP contribution < -0.4 is 16.0 Å². The summed E-state index contributed by atoms with van der Waals surface area (Å²) >= 11 is 0. The van der Waals surface area contributed by atoms with Gasteiger partial charge in [-0.15, -0.1) is 0 Å². The van der Waals surface area contributed by atoms with E-state index in [9.17, 15) is 14.4 Å². The Bertz CT molecular complexity index is 833. The molecule has 0 bridgehead atoms. The second-order valence-corrected chi connectivity index (χ2v) is 6.23. The van der Waals surface area contributed by atoms with Crippen molar-refractivity contribution in [1.82, 2.24) is 10.6 Å². The van der Waals surface area contributed by atoms with Crippen molar-refractivity contribution in [3.05, 3.63) is 65.2 Å². The number of nitrogens with one attached hydrogen (secondary N) is 3. The monoisotopic (exact) mass is 369 g/mol. The topological polar surface area (TPSA) is 108 Å². The summed E-state index contributed by atoms with van der Waals surface area (Å²) in [6, 6.07) is 14.2. The van der Waals surface area contributed by atoms with Crippen LogP contribution in [0.3, 0.4) is 0 Å². The maximum absolute atomic E-state index is 12.5. The first-order valence-corrected chi connectivity index (χ1v) is 8.57. The minimum atomic E-state index is -0.908. The van der Waals surface area contributed by atoms with Crippen molar-refractivity contribution >= 4 is 23.4 Å². The van der Waals surface area contributed by atoms with E-state index < -0.39 is 17.9 Å². The largest absolute Gasteiger partial charge is 0.392 e. The summed E-state index contributed by atoms with van der Waals surface area (Å²) in [4.78, 5) is 36.2. The number of para-hydroxylation sites is 1. The first-order valence-electron chi connectivity index (χ1n) is 8.57. The normalized spacial score (nSPS) is 11.4. The number of carbonyl (C=O) groups is 3. The molecule has 2 rings (SSSR count). The number of amides is 3. The average molecular weight is 369 g/mol. The van der Waals surface area contributed by atoms with Gasteiger partial charge in [-0.05, 0) is 31.5 Å². The van der Waals surface area contributed by atoms with Crippen LogP contribution in [-0.2, 0) is 16.1 Å². The first-order chi connectivity index (χ1) is 12.9. The molecule has 0 saturated carbocycles. The van der Waals surface area contributed by atoms with Crippen LogP contribution in [0.15, 0.2) is 48.5 Å². The molecule has 7 nitrogen and oxygen atoms in total. The highest BCUT2D eigenvalue weighted by molar-refractivity contribution is 6.40. The molecule has 0 saturated heterocycles. The van der Waals surface area contributed by atoms with E-state index in [1.807, 2.05) is 31.2 Å². The van der Waals surface area contributed by atoms with Crippen LogP contribution in [-0.4, -0.2) is 35.5 Å². The molecule has 0 heterocycles. The Labute approximate surface area is 157 Å². The molecule has 0 aliphatic heterocycles. The molecule has 0 radical (unpaired) electrons. The van der Waals surface area contributed by atoms with Gasteiger partial charge in [-0.2, -0.15) is 0 Å². The summed E-state index contributed by atoms with van der Waals surface area (Å²) < 4.78 is 0. The van der Waals surface area contributed by atoms with Crippen molar-refractivity contribution in [3.63, 3.8) is 0 Å². The lowest BCUT2D eigenvalue weighted by molar-refractivity contribution is -0.136. The Morgan fingerprint density at radius 2 is 1.74 bits per heavy atom.